The number of ketones is 1. The number of aromatic nitrogens is 1. The first-order valence-electron chi connectivity index (χ1n) is 9.60. The Bertz CT molecular complexity index is 1030. The molecule has 0 aliphatic carbocycles. The smallest absolute Gasteiger partial charge is 0.196 e. The van der Waals surface area contributed by atoms with Gasteiger partial charge in [-0.25, -0.2) is 0 Å². The predicted molar refractivity (Wildman–Crippen MR) is 116 cm³/mol. The van der Waals surface area contributed by atoms with E-state index in [1.54, 1.807) is 0 Å². The first-order chi connectivity index (χ1) is 13.5. The number of rotatable bonds is 4. The molecule has 1 aromatic heterocycles. The van der Waals surface area contributed by atoms with Crippen molar-refractivity contribution in [3.8, 4) is 5.69 Å². The predicted octanol–water partition coefficient (Wildman–Crippen LogP) is 5.16. The molecule has 0 atom stereocenters. The molecule has 2 heterocycles. The standard InChI is InChI=1S/C23H24ClN3O/c1-15-13-21(16(2)27(15)18-7-5-17(24)6-8-18)23(28)20-10-9-19(14-22(20)25)26-11-3-4-12-26/h5-10,13-14H,3-4,11-12,25H2,1-2H3. The second-order valence-electron chi connectivity index (χ2n) is 7.39. The van der Waals surface area contributed by atoms with Gasteiger partial charge in [0, 0.05) is 57.7 Å². The molecular weight excluding hydrogens is 370 g/mol. The van der Waals surface area contributed by atoms with Crippen LogP contribution in [0.3, 0.4) is 0 Å². The monoisotopic (exact) mass is 393 g/mol. The Morgan fingerprint density at radius 2 is 1.57 bits per heavy atom. The van der Waals surface area contributed by atoms with Gasteiger partial charge in [0.05, 0.1) is 0 Å². The highest BCUT2D eigenvalue weighted by molar-refractivity contribution is 6.30. The van der Waals surface area contributed by atoms with E-state index in [0.29, 0.717) is 21.8 Å². The third-order valence-electron chi connectivity index (χ3n) is 5.51. The maximum absolute atomic E-state index is 13.2. The van der Waals surface area contributed by atoms with Crippen LogP contribution in [0.15, 0.2) is 48.5 Å². The van der Waals surface area contributed by atoms with Gasteiger partial charge < -0.3 is 15.2 Å². The number of carbonyl (C=O) groups excluding carboxylic acids is 1. The third-order valence-corrected chi connectivity index (χ3v) is 5.76. The number of hydrogen-bond donors (Lipinski definition) is 1. The summed E-state index contributed by atoms with van der Waals surface area (Å²) < 4.78 is 2.07. The molecule has 5 heteroatoms. The second-order valence-corrected chi connectivity index (χ2v) is 7.83. The van der Waals surface area contributed by atoms with Crippen molar-refractivity contribution >= 4 is 28.8 Å². The Morgan fingerprint density at radius 1 is 0.929 bits per heavy atom. The number of carbonyl (C=O) groups is 1. The quantitative estimate of drug-likeness (QED) is 0.492. The lowest BCUT2D eigenvalue weighted by Crippen LogP contribution is -2.18. The molecule has 1 fully saturated rings. The van der Waals surface area contributed by atoms with Gasteiger partial charge in [0.15, 0.2) is 5.78 Å². The molecular formula is C23H24ClN3O. The third kappa shape index (κ3) is 3.29. The lowest BCUT2D eigenvalue weighted by atomic mass is 10.0. The van der Waals surface area contributed by atoms with Crippen molar-refractivity contribution in [3.05, 3.63) is 76.1 Å². The number of halogens is 1. The second kappa shape index (κ2) is 7.36. The summed E-state index contributed by atoms with van der Waals surface area (Å²) >= 11 is 6.01. The average Bonchev–Trinajstić information content (AvgIpc) is 3.31. The van der Waals surface area contributed by atoms with Crippen LogP contribution in [0.1, 0.15) is 40.2 Å². The molecule has 0 unspecified atom stereocenters. The summed E-state index contributed by atoms with van der Waals surface area (Å²) in [5.41, 5.74) is 12.0. The van der Waals surface area contributed by atoms with Crippen molar-refractivity contribution in [1.82, 2.24) is 4.57 Å². The molecule has 0 spiro atoms. The van der Waals surface area contributed by atoms with Crippen LogP contribution in [0.5, 0.6) is 0 Å². The minimum Gasteiger partial charge on any atom is -0.398 e. The fourth-order valence-corrected chi connectivity index (χ4v) is 4.18. The molecule has 144 valence electrons. The largest absolute Gasteiger partial charge is 0.398 e. The summed E-state index contributed by atoms with van der Waals surface area (Å²) in [6, 6.07) is 15.3. The highest BCUT2D eigenvalue weighted by Gasteiger charge is 2.21. The molecule has 1 aliphatic rings. The lowest BCUT2D eigenvalue weighted by Gasteiger charge is -2.18. The van der Waals surface area contributed by atoms with Crippen LogP contribution < -0.4 is 10.6 Å². The topological polar surface area (TPSA) is 51.3 Å². The molecule has 0 radical (unpaired) electrons. The molecule has 0 saturated carbocycles. The van der Waals surface area contributed by atoms with Gasteiger partial charge in [-0.15, -0.1) is 0 Å². The fourth-order valence-electron chi connectivity index (χ4n) is 4.05. The maximum atomic E-state index is 13.2. The van der Waals surface area contributed by atoms with Crippen LogP contribution >= 0.6 is 11.6 Å². The first-order valence-corrected chi connectivity index (χ1v) is 9.97. The number of benzene rings is 2. The Morgan fingerprint density at radius 3 is 2.21 bits per heavy atom. The first kappa shape index (κ1) is 18.6. The van der Waals surface area contributed by atoms with Gasteiger partial charge in [-0.2, -0.15) is 0 Å². The molecule has 1 aliphatic heterocycles. The molecule has 4 nitrogen and oxygen atoms in total. The van der Waals surface area contributed by atoms with Gasteiger partial charge in [-0.05, 0) is 75.2 Å². The van der Waals surface area contributed by atoms with Crippen molar-refractivity contribution in [2.24, 2.45) is 0 Å². The summed E-state index contributed by atoms with van der Waals surface area (Å²) in [4.78, 5) is 15.6. The minimum atomic E-state index is -0.0428. The summed E-state index contributed by atoms with van der Waals surface area (Å²) in [7, 11) is 0. The Hall–Kier alpha value is -2.72. The zero-order valence-electron chi connectivity index (χ0n) is 16.2. The van der Waals surface area contributed by atoms with Crippen molar-refractivity contribution < 1.29 is 4.79 Å². The van der Waals surface area contributed by atoms with Gasteiger partial charge in [0.1, 0.15) is 0 Å². The molecule has 28 heavy (non-hydrogen) atoms. The number of anilines is 2. The van der Waals surface area contributed by atoms with Crippen LogP contribution in [0, 0.1) is 13.8 Å². The van der Waals surface area contributed by atoms with E-state index in [0.717, 1.165) is 35.9 Å². The van der Waals surface area contributed by atoms with Crippen molar-refractivity contribution in [3.63, 3.8) is 0 Å². The van der Waals surface area contributed by atoms with Crippen molar-refractivity contribution in [1.29, 1.82) is 0 Å². The van der Waals surface area contributed by atoms with E-state index in [9.17, 15) is 4.79 Å². The van der Waals surface area contributed by atoms with E-state index in [2.05, 4.69) is 9.47 Å². The van der Waals surface area contributed by atoms with Crippen LogP contribution in [0.25, 0.3) is 5.69 Å². The molecule has 2 N–H and O–H groups in total. The van der Waals surface area contributed by atoms with Gasteiger partial charge in [0.2, 0.25) is 0 Å². The number of nitrogens with two attached hydrogens (primary N) is 1. The van der Waals surface area contributed by atoms with Crippen molar-refractivity contribution in [2.45, 2.75) is 26.7 Å². The highest BCUT2D eigenvalue weighted by atomic mass is 35.5. The molecule has 4 rings (SSSR count). The van der Waals surface area contributed by atoms with E-state index in [1.165, 1.54) is 12.8 Å². The maximum Gasteiger partial charge on any atom is 0.196 e. The van der Waals surface area contributed by atoms with E-state index < -0.39 is 0 Å². The van der Waals surface area contributed by atoms with Crippen LogP contribution in [-0.2, 0) is 0 Å². The number of nitrogens with zero attached hydrogens (tertiary/aromatic N) is 2. The number of hydrogen-bond acceptors (Lipinski definition) is 3. The van der Waals surface area contributed by atoms with E-state index in [1.807, 2.05) is 62.4 Å². The van der Waals surface area contributed by atoms with E-state index >= 15 is 0 Å². The molecule has 0 amide bonds. The van der Waals surface area contributed by atoms with Crippen LogP contribution in [0.2, 0.25) is 5.02 Å². The Balaban J connectivity index is 1.69. The minimum absolute atomic E-state index is 0.0428. The summed E-state index contributed by atoms with van der Waals surface area (Å²) in [5, 5.41) is 0.688. The number of nitrogen functional groups attached to an aromatic ring is 1. The van der Waals surface area contributed by atoms with Crippen LogP contribution in [-0.4, -0.2) is 23.4 Å². The normalized spacial score (nSPS) is 13.9. The Labute approximate surface area is 170 Å². The van der Waals surface area contributed by atoms with Gasteiger partial charge >= 0.3 is 0 Å². The van der Waals surface area contributed by atoms with Gasteiger partial charge in [-0.1, -0.05) is 11.6 Å². The highest BCUT2D eigenvalue weighted by Crippen LogP contribution is 2.29. The summed E-state index contributed by atoms with van der Waals surface area (Å²) in [6.07, 6.45) is 2.41. The van der Waals surface area contributed by atoms with Crippen LogP contribution in [0.4, 0.5) is 11.4 Å². The van der Waals surface area contributed by atoms with Gasteiger partial charge in [0.25, 0.3) is 0 Å². The molecule has 0 bridgehead atoms. The zero-order chi connectivity index (χ0) is 19.8. The Kier molecular flexibility index (Phi) is 4.90. The van der Waals surface area contributed by atoms with Crippen molar-refractivity contribution in [2.75, 3.05) is 23.7 Å². The number of aryl methyl sites for hydroxylation is 1. The summed E-state index contributed by atoms with van der Waals surface area (Å²) in [6.45, 7) is 6.06. The van der Waals surface area contributed by atoms with E-state index in [4.69, 9.17) is 17.3 Å². The zero-order valence-corrected chi connectivity index (χ0v) is 17.0. The SMILES string of the molecule is Cc1cc(C(=O)c2ccc(N3CCCC3)cc2N)c(C)n1-c1ccc(Cl)cc1. The molecule has 2 aromatic carbocycles. The molecule has 1 saturated heterocycles. The molecule has 3 aromatic rings. The fraction of sp³-hybridized carbons (Fsp3) is 0.261. The summed E-state index contributed by atoms with van der Waals surface area (Å²) in [5.74, 6) is -0.0428. The lowest BCUT2D eigenvalue weighted by molar-refractivity contribution is 0.103. The van der Waals surface area contributed by atoms with Gasteiger partial charge in [-0.3, -0.25) is 4.79 Å². The van der Waals surface area contributed by atoms with E-state index in [-0.39, 0.29) is 5.78 Å². The average molecular weight is 394 g/mol.